The van der Waals surface area contributed by atoms with E-state index < -0.39 is 37.0 Å². The fourth-order valence-corrected chi connectivity index (χ4v) is 1.76. The van der Waals surface area contributed by atoms with Crippen LogP contribution in [0.15, 0.2) is 0 Å². The lowest BCUT2D eigenvalue weighted by Crippen LogP contribution is -2.49. The summed E-state index contributed by atoms with van der Waals surface area (Å²) in [5.74, 6) is -1.20. The Morgan fingerprint density at radius 3 is 2.14 bits per heavy atom. The molecule has 7 N–H and O–H groups in total. The quantitative estimate of drug-likeness (QED) is 0.203. The van der Waals surface area contributed by atoms with Gasteiger partial charge in [-0.1, -0.05) is 13.3 Å². The van der Waals surface area contributed by atoms with Crippen LogP contribution in [0.3, 0.4) is 0 Å². The molecule has 8 nitrogen and oxygen atoms in total. The first-order valence-electron chi connectivity index (χ1n) is 7.07. The molecule has 0 bridgehead atoms. The molecule has 0 rings (SSSR count). The Kier molecular flexibility index (Phi) is 10.5. The third kappa shape index (κ3) is 8.30. The number of aliphatic carboxylic acids is 1. The van der Waals surface area contributed by atoms with Crippen LogP contribution in [-0.2, 0) is 4.79 Å². The standard InChI is InChI=1S/C13H27NO7/c1-8(13(20)21)4-2-3-5-14-6-9(16)11(18)12(19)10(17)7-15/h8-12,14-19H,2-7H2,1H3,(H,20,21)/t8-,9?,10?,11?,12?/m0/s1. The summed E-state index contributed by atoms with van der Waals surface area (Å²) >= 11 is 0. The number of hydrogen-bond acceptors (Lipinski definition) is 7. The third-order valence-electron chi connectivity index (χ3n) is 3.34. The molecule has 0 saturated heterocycles. The molecule has 0 aromatic heterocycles. The van der Waals surface area contributed by atoms with E-state index in [1.165, 1.54) is 0 Å². The number of carboxylic acids is 1. The number of carboxylic acid groups (broad SMARTS) is 1. The molecular formula is C13H27NO7. The smallest absolute Gasteiger partial charge is 0.306 e. The van der Waals surface area contributed by atoms with Gasteiger partial charge in [-0.2, -0.15) is 0 Å². The summed E-state index contributed by atoms with van der Waals surface area (Å²) < 4.78 is 0. The predicted octanol–water partition coefficient (Wildman–Crippen LogP) is -2.10. The van der Waals surface area contributed by atoms with Gasteiger partial charge < -0.3 is 36.0 Å². The summed E-state index contributed by atoms with van der Waals surface area (Å²) in [6.45, 7) is 1.49. The fraction of sp³-hybridized carbons (Fsp3) is 0.923. The highest BCUT2D eigenvalue weighted by Gasteiger charge is 2.29. The second kappa shape index (κ2) is 10.9. The Labute approximate surface area is 124 Å². The Morgan fingerprint density at radius 2 is 1.62 bits per heavy atom. The first-order valence-corrected chi connectivity index (χ1v) is 7.07. The minimum atomic E-state index is -1.62. The van der Waals surface area contributed by atoms with Crippen molar-refractivity contribution >= 4 is 5.97 Å². The lowest BCUT2D eigenvalue weighted by atomic mass is 10.0. The van der Waals surface area contributed by atoms with Crippen LogP contribution in [0.2, 0.25) is 0 Å². The summed E-state index contributed by atoms with van der Waals surface area (Å²) in [6.07, 6.45) is -3.95. The maximum absolute atomic E-state index is 10.6. The number of rotatable bonds is 12. The molecule has 0 saturated carbocycles. The van der Waals surface area contributed by atoms with Crippen molar-refractivity contribution in [2.75, 3.05) is 19.7 Å². The normalized spacial score (nSPS) is 18.8. The van der Waals surface area contributed by atoms with Gasteiger partial charge in [0.15, 0.2) is 0 Å². The molecule has 5 atom stereocenters. The van der Waals surface area contributed by atoms with E-state index in [0.717, 1.165) is 12.8 Å². The molecule has 0 spiro atoms. The summed E-state index contributed by atoms with van der Waals surface area (Å²) in [6, 6.07) is 0. The average molecular weight is 309 g/mol. The summed E-state index contributed by atoms with van der Waals surface area (Å²) in [4.78, 5) is 10.6. The highest BCUT2D eigenvalue weighted by molar-refractivity contribution is 5.69. The molecule has 0 amide bonds. The molecule has 8 heteroatoms. The largest absolute Gasteiger partial charge is 0.481 e. The van der Waals surface area contributed by atoms with Crippen LogP contribution < -0.4 is 5.32 Å². The fourth-order valence-electron chi connectivity index (χ4n) is 1.76. The van der Waals surface area contributed by atoms with Crippen LogP contribution >= 0.6 is 0 Å². The van der Waals surface area contributed by atoms with Gasteiger partial charge in [0.05, 0.1) is 18.6 Å². The summed E-state index contributed by atoms with van der Waals surface area (Å²) in [5, 5.41) is 57.9. The Balaban J connectivity index is 3.74. The number of aliphatic hydroxyl groups is 5. The Bertz CT molecular complexity index is 290. The van der Waals surface area contributed by atoms with Gasteiger partial charge in [-0.15, -0.1) is 0 Å². The van der Waals surface area contributed by atoms with Crippen LogP contribution in [0.5, 0.6) is 0 Å². The van der Waals surface area contributed by atoms with E-state index in [1.54, 1.807) is 6.92 Å². The van der Waals surface area contributed by atoms with Crippen LogP contribution in [0.4, 0.5) is 0 Å². The molecular weight excluding hydrogens is 282 g/mol. The molecule has 0 aliphatic rings. The lowest BCUT2D eigenvalue weighted by molar-refractivity contribution is -0.141. The molecule has 0 aliphatic heterocycles. The van der Waals surface area contributed by atoms with Crippen molar-refractivity contribution in [3.05, 3.63) is 0 Å². The minimum absolute atomic E-state index is 0.0187. The lowest BCUT2D eigenvalue weighted by Gasteiger charge is -2.25. The molecule has 4 unspecified atom stereocenters. The molecule has 126 valence electrons. The first kappa shape index (κ1) is 20.2. The van der Waals surface area contributed by atoms with E-state index in [4.69, 9.17) is 15.3 Å². The van der Waals surface area contributed by atoms with Crippen molar-refractivity contribution < 1.29 is 35.4 Å². The van der Waals surface area contributed by atoms with Crippen molar-refractivity contribution in [2.24, 2.45) is 5.92 Å². The topological polar surface area (TPSA) is 150 Å². The van der Waals surface area contributed by atoms with Crippen LogP contribution in [-0.4, -0.2) is 80.7 Å². The van der Waals surface area contributed by atoms with E-state index in [0.29, 0.717) is 13.0 Å². The molecule has 0 fully saturated rings. The van der Waals surface area contributed by atoms with Gasteiger partial charge >= 0.3 is 5.97 Å². The molecule has 0 radical (unpaired) electrons. The number of unbranched alkanes of at least 4 members (excludes halogenated alkanes) is 1. The predicted molar refractivity (Wildman–Crippen MR) is 74.6 cm³/mol. The number of carbonyl (C=O) groups is 1. The van der Waals surface area contributed by atoms with Gasteiger partial charge in [0.25, 0.3) is 0 Å². The zero-order valence-electron chi connectivity index (χ0n) is 12.2. The second-order valence-corrected chi connectivity index (χ2v) is 5.24. The van der Waals surface area contributed by atoms with E-state index in [1.807, 2.05) is 0 Å². The molecule has 0 heterocycles. The summed E-state index contributed by atoms with van der Waals surface area (Å²) in [5.41, 5.74) is 0. The number of nitrogens with one attached hydrogen (secondary N) is 1. The van der Waals surface area contributed by atoms with E-state index in [2.05, 4.69) is 5.32 Å². The van der Waals surface area contributed by atoms with Gasteiger partial charge in [-0.25, -0.2) is 0 Å². The van der Waals surface area contributed by atoms with E-state index >= 15 is 0 Å². The van der Waals surface area contributed by atoms with Gasteiger partial charge in [0, 0.05) is 6.54 Å². The van der Waals surface area contributed by atoms with Crippen LogP contribution in [0.1, 0.15) is 26.2 Å². The highest BCUT2D eigenvalue weighted by Crippen LogP contribution is 2.07. The van der Waals surface area contributed by atoms with Gasteiger partial charge in [-0.3, -0.25) is 4.79 Å². The highest BCUT2D eigenvalue weighted by atomic mass is 16.4. The van der Waals surface area contributed by atoms with Gasteiger partial charge in [0.1, 0.15) is 18.3 Å². The SMILES string of the molecule is C[C@@H](CCCCNCC(O)C(O)C(O)C(O)CO)C(=O)O. The van der Waals surface area contributed by atoms with Crippen molar-refractivity contribution in [3.63, 3.8) is 0 Å². The summed E-state index contributed by atoms with van der Waals surface area (Å²) in [7, 11) is 0. The van der Waals surface area contributed by atoms with Crippen LogP contribution in [0.25, 0.3) is 0 Å². The van der Waals surface area contributed by atoms with Crippen molar-refractivity contribution in [3.8, 4) is 0 Å². The van der Waals surface area contributed by atoms with Crippen LogP contribution in [0, 0.1) is 5.92 Å². The molecule has 0 aromatic rings. The van der Waals surface area contributed by atoms with E-state index in [9.17, 15) is 20.1 Å². The van der Waals surface area contributed by atoms with Gasteiger partial charge in [-0.05, 0) is 19.4 Å². The maximum atomic E-state index is 10.6. The van der Waals surface area contributed by atoms with E-state index in [-0.39, 0.29) is 12.5 Å². The number of hydrogen-bond donors (Lipinski definition) is 7. The maximum Gasteiger partial charge on any atom is 0.306 e. The average Bonchev–Trinajstić information content (AvgIpc) is 2.47. The van der Waals surface area contributed by atoms with Crippen molar-refractivity contribution in [1.82, 2.24) is 5.32 Å². The Hall–Kier alpha value is -0.770. The third-order valence-corrected chi connectivity index (χ3v) is 3.34. The van der Waals surface area contributed by atoms with Gasteiger partial charge in [0.2, 0.25) is 0 Å². The Morgan fingerprint density at radius 1 is 1.05 bits per heavy atom. The van der Waals surface area contributed by atoms with Crippen molar-refractivity contribution in [2.45, 2.75) is 50.6 Å². The zero-order valence-corrected chi connectivity index (χ0v) is 12.2. The molecule has 0 aromatic carbocycles. The number of aliphatic hydroxyl groups excluding tert-OH is 5. The molecule has 0 aliphatic carbocycles. The first-order chi connectivity index (χ1) is 9.81. The monoisotopic (exact) mass is 309 g/mol. The van der Waals surface area contributed by atoms with Crippen molar-refractivity contribution in [1.29, 1.82) is 0 Å². The molecule has 21 heavy (non-hydrogen) atoms. The zero-order chi connectivity index (χ0) is 16.4. The minimum Gasteiger partial charge on any atom is -0.481 e. The second-order valence-electron chi connectivity index (χ2n) is 5.24.